The number of benzene rings is 2. The number of halogens is 3. The molecule has 2 atom stereocenters. The Balaban J connectivity index is 1.46. The summed E-state index contributed by atoms with van der Waals surface area (Å²) in [7, 11) is -3.28. The summed E-state index contributed by atoms with van der Waals surface area (Å²) in [5.74, 6) is -3.36. The van der Waals surface area contributed by atoms with Gasteiger partial charge in [0.25, 0.3) is 0 Å². The molecule has 4 rings (SSSR count). The van der Waals surface area contributed by atoms with Crippen molar-refractivity contribution in [3.05, 3.63) is 58.6 Å². The highest BCUT2D eigenvalue weighted by Crippen LogP contribution is 2.35. The molecule has 2 aromatic rings. The monoisotopic (exact) mass is 524 g/mol. The molecule has 188 valence electrons. The Hall–Kier alpha value is -2.52. The summed E-state index contributed by atoms with van der Waals surface area (Å²) in [6.45, 7) is 0.624. The van der Waals surface area contributed by atoms with E-state index in [1.54, 1.807) is 24.3 Å². The van der Waals surface area contributed by atoms with Gasteiger partial charge in [-0.2, -0.15) is 0 Å². The molecule has 0 radical (unpaired) electrons. The molecule has 6 nitrogen and oxygen atoms in total. The van der Waals surface area contributed by atoms with Crippen LogP contribution in [0.25, 0.3) is 0 Å². The molecular formula is C25H27ClF2N2O4S. The molecule has 2 aliphatic rings. The topological polar surface area (TPSA) is 74.8 Å². The molecule has 1 amide bonds. The second-order valence-corrected chi connectivity index (χ2v) is 12.1. The quantitative estimate of drug-likeness (QED) is 0.543. The molecule has 10 heteroatoms. The van der Waals surface area contributed by atoms with Gasteiger partial charge in [-0.15, -0.1) is 0 Å². The summed E-state index contributed by atoms with van der Waals surface area (Å²) in [4.78, 5) is 28.4. The molecule has 2 heterocycles. The van der Waals surface area contributed by atoms with Crippen LogP contribution in [-0.4, -0.2) is 51.2 Å². The molecule has 0 aromatic heterocycles. The minimum absolute atomic E-state index is 0.0171. The fourth-order valence-electron chi connectivity index (χ4n) is 4.83. The summed E-state index contributed by atoms with van der Waals surface area (Å²) < 4.78 is 53.8. The number of carbonyl (C=O) groups excluding carboxylic acids is 2. The number of ketones is 1. The van der Waals surface area contributed by atoms with Crippen LogP contribution in [0.3, 0.4) is 0 Å². The molecule has 0 spiro atoms. The zero-order valence-corrected chi connectivity index (χ0v) is 20.9. The maximum Gasteiger partial charge on any atom is 0.230 e. The fourth-order valence-corrected chi connectivity index (χ4v) is 5.94. The van der Waals surface area contributed by atoms with Crippen molar-refractivity contribution in [3.63, 3.8) is 0 Å². The van der Waals surface area contributed by atoms with Crippen LogP contribution in [-0.2, 0) is 25.8 Å². The summed E-state index contributed by atoms with van der Waals surface area (Å²) in [6, 6.07) is 9.66. The summed E-state index contributed by atoms with van der Waals surface area (Å²) in [5, 5.41) is -0.0565. The second kappa shape index (κ2) is 10.2. The maximum atomic E-state index is 15.1. The zero-order valence-electron chi connectivity index (χ0n) is 19.3. The molecule has 0 bridgehead atoms. The van der Waals surface area contributed by atoms with Crippen LogP contribution in [0.15, 0.2) is 36.4 Å². The number of carbonyl (C=O) groups is 2. The van der Waals surface area contributed by atoms with Gasteiger partial charge < -0.3 is 9.80 Å². The SMILES string of the molecule is CS(=O)(=O)C1CCN(c2ccc(N3CCC[C@@H](CC(=O)Cc4ccc(Cl)cc4)C3=O)c(F)c2F)C1. The van der Waals surface area contributed by atoms with Crippen LogP contribution in [0.1, 0.15) is 31.2 Å². The van der Waals surface area contributed by atoms with Gasteiger partial charge in [0.15, 0.2) is 21.5 Å². The summed E-state index contributed by atoms with van der Waals surface area (Å²) in [6.07, 6.45) is 2.75. The van der Waals surface area contributed by atoms with E-state index in [9.17, 15) is 18.0 Å². The van der Waals surface area contributed by atoms with Crippen molar-refractivity contribution >= 4 is 44.5 Å². The second-order valence-electron chi connectivity index (χ2n) is 9.29. The lowest BCUT2D eigenvalue weighted by Gasteiger charge is -2.33. The van der Waals surface area contributed by atoms with Crippen LogP contribution in [0.4, 0.5) is 20.2 Å². The van der Waals surface area contributed by atoms with E-state index in [1.165, 1.54) is 21.9 Å². The van der Waals surface area contributed by atoms with Crippen molar-refractivity contribution in [1.29, 1.82) is 0 Å². The van der Waals surface area contributed by atoms with Gasteiger partial charge in [0.2, 0.25) is 5.91 Å². The van der Waals surface area contributed by atoms with Crippen LogP contribution in [0, 0.1) is 17.6 Å². The van der Waals surface area contributed by atoms with Gasteiger partial charge >= 0.3 is 0 Å². The third kappa shape index (κ3) is 5.67. The van der Waals surface area contributed by atoms with Gasteiger partial charge in [-0.1, -0.05) is 23.7 Å². The number of sulfone groups is 1. The number of amides is 1. The Morgan fingerprint density at radius 2 is 1.69 bits per heavy atom. The third-order valence-corrected chi connectivity index (χ3v) is 8.61. The first-order valence-corrected chi connectivity index (χ1v) is 13.9. The Morgan fingerprint density at radius 3 is 2.34 bits per heavy atom. The lowest BCUT2D eigenvalue weighted by atomic mass is 9.90. The zero-order chi connectivity index (χ0) is 25.3. The molecule has 2 saturated heterocycles. The first-order valence-electron chi connectivity index (χ1n) is 11.5. The molecule has 35 heavy (non-hydrogen) atoms. The summed E-state index contributed by atoms with van der Waals surface area (Å²) >= 11 is 5.87. The Bertz CT molecular complexity index is 1240. The van der Waals surface area contributed by atoms with Crippen LogP contribution < -0.4 is 9.80 Å². The number of hydrogen-bond acceptors (Lipinski definition) is 5. The number of hydrogen-bond donors (Lipinski definition) is 0. The molecule has 0 saturated carbocycles. The highest BCUT2D eigenvalue weighted by molar-refractivity contribution is 7.91. The number of anilines is 2. The highest BCUT2D eigenvalue weighted by Gasteiger charge is 2.35. The lowest BCUT2D eigenvalue weighted by molar-refractivity contribution is -0.128. The summed E-state index contributed by atoms with van der Waals surface area (Å²) in [5.41, 5.74) is 0.616. The van der Waals surface area contributed by atoms with Crippen LogP contribution >= 0.6 is 11.6 Å². The highest BCUT2D eigenvalue weighted by atomic mass is 35.5. The van der Waals surface area contributed by atoms with E-state index < -0.39 is 38.5 Å². The molecule has 2 aliphatic heterocycles. The standard InChI is InChI=1S/C25H27ClF2N2O4S/c1-35(33,34)20-10-12-29(15-20)21-8-9-22(24(28)23(21)27)30-11-2-3-17(25(30)32)14-19(31)13-16-4-6-18(26)7-5-16/h4-9,17,20H,2-3,10-15H2,1H3/t17-,20?/m0/s1. The van der Waals surface area contributed by atoms with Gasteiger partial charge in [0, 0.05) is 49.7 Å². The molecule has 1 unspecified atom stereocenters. The van der Waals surface area contributed by atoms with E-state index >= 15 is 8.78 Å². The molecular weight excluding hydrogens is 498 g/mol. The predicted octanol–water partition coefficient (Wildman–Crippen LogP) is 4.19. The first kappa shape index (κ1) is 25.6. The van der Waals surface area contributed by atoms with Crippen LogP contribution in [0.2, 0.25) is 5.02 Å². The maximum absolute atomic E-state index is 15.1. The van der Waals surface area contributed by atoms with Gasteiger partial charge in [-0.05, 0) is 49.1 Å². The average Bonchev–Trinajstić information content (AvgIpc) is 3.30. The number of Topliss-reactive ketones (excluding diaryl/α,β-unsaturated/α-hetero) is 1. The van der Waals surface area contributed by atoms with Crippen molar-refractivity contribution < 1.29 is 26.8 Å². The van der Waals surface area contributed by atoms with E-state index in [-0.39, 0.29) is 43.1 Å². The molecule has 0 N–H and O–H groups in total. The number of nitrogens with zero attached hydrogens (tertiary/aromatic N) is 2. The van der Waals surface area contributed by atoms with Crippen molar-refractivity contribution in [1.82, 2.24) is 0 Å². The van der Waals surface area contributed by atoms with Gasteiger partial charge in [-0.3, -0.25) is 9.59 Å². The smallest absolute Gasteiger partial charge is 0.230 e. The fraction of sp³-hybridized carbons (Fsp3) is 0.440. The van der Waals surface area contributed by atoms with E-state index in [0.717, 1.165) is 11.8 Å². The average molecular weight is 525 g/mol. The first-order chi connectivity index (χ1) is 16.5. The molecule has 2 aromatic carbocycles. The minimum Gasteiger partial charge on any atom is -0.368 e. The van der Waals surface area contributed by atoms with Gasteiger partial charge in [0.1, 0.15) is 5.78 Å². The van der Waals surface area contributed by atoms with Crippen molar-refractivity contribution in [2.24, 2.45) is 5.92 Å². The van der Waals surface area contributed by atoms with Gasteiger partial charge in [0.05, 0.1) is 16.6 Å². The Morgan fingerprint density at radius 1 is 1.03 bits per heavy atom. The van der Waals surface area contributed by atoms with E-state index in [0.29, 0.717) is 30.8 Å². The number of piperidine rings is 1. The predicted molar refractivity (Wildman–Crippen MR) is 132 cm³/mol. The van der Waals surface area contributed by atoms with E-state index in [4.69, 9.17) is 11.6 Å². The van der Waals surface area contributed by atoms with E-state index in [1.807, 2.05) is 0 Å². The minimum atomic E-state index is -3.28. The normalized spacial score (nSPS) is 21.0. The van der Waals surface area contributed by atoms with Crippen molar-refractivity contribution in [2.45, 2.75) is 37.4 Å². The Labute approximate surface area is 208 Å². The largest absolute Gasteiger partial charge is 0.368 e. The van der Waals surface area contributed by atoms with E-state index in [2.05, 4.69) is 0 Å². The van der Waals surface area contributed by atoms with Crippen molar-refractivity contribution in [2.75, 3.05) is 35.7 Å². The van der Waals surface area contributed by atoms with Crippen LogP contribution in [0.5, 0.6) is 0 Å². The lowest BCUT2D eigenvalue weighted by Crippen LogP contribution is -2.42. The molecule has 2 fully saturated rings. The number of rotatable bonds is 7. The van der Waals surface area contributed by atoms with Crippen molar-refractivity contribution in [3.8, 4) is 0 Å². The molecule has 0 aliphatic carbocycles. The Kier molecular flexibility index (Phi) is 7.47. The third-order valence-electron chi connectivity index (χ3n) is 6.76. The van der Waals surface area contributed by atoms with Gasteiger partial charge in [-0.25, -0.2) is 17.2 Å².